The standard InChI is InChI=1S/C13H21NO3S/c1-10(15)12(14)9-18-13(16)17-11-7-5-3-2-4-6-8-11/h5,7,11-12H,2-4,6,8-9,14H2,1H3/b7-5+/t11?,12-/m1/s1. The van der Waals surface area contributed by atoms with E-state index in [1.807, 2.05) is 6.08 Å². The van der Waals surface area contributed by atoms with Crippen molar-refractivity contribution in [3.8, 4) is 0 Å². The fourth-order valence-corrected chi connectivity index (χ4v) is 2.40. The highest BCUT2D eigenvalue weighted by Gasteiger charge is 2.16. The summed E-state index contributed by atoms with van der Waals surface area (Å²) in [4.78, 5) is 22.5. The number of nitrogens with two attached hydrogens (primary N) is 1. The van der Waals surface area contributed by atoms with Crippen molar-refractivity contribution in [2.24, 2.45) is 5.73 Å². The Morgan fingerprint density at radius 1 is 1.44 bits per heavy atom. The number of carbonyl (C=O) groups excluding carboxylic acids is 2. The number of hydrogen-bond acceptors (Lipinski definition) is 5. The van der Waals surface area contributed by atoms with Gasteiger partial charge in [0.25, 0.3) is 0 Å². The Bertz CT molecular complexity index is 317. The predicted molar refractivity (Wildman–Crippen MR) is 73.6 cm³/mol. The third kappa shape index (κ3) is 6.21. The summed E-state index contributed by atoms with van der Waals surface area (Å²) in [5, 5.41) is -0.345. The average molecular weight is 271 g/mol. The molecule has 0 spiro atoms. The topological polar surface area (TPSA) is 69.4 Å². The van der Waals surface area contributed by atoms with E-state index in [0.717, 1.165) is 31.0 Å². The highest BCUT2D eigenvalue weighted by molar-refractivity contribution is 8.13. The van der Waals surface area contributed by atoms with Crippen molar-refractivity contribution in [2.75, 3.05) is 5.75 Å². The van der Waals surface area contributed by atoms with Crippen molar-refractivity contribution >= 4 is 22.8 Å². The average Bonchev–Trinajstić information content (AvgIpc) is 2.29. The number of Topliss-reactive ketones (excluding diaryl/α,β-unsaturated/α-hetero) is 1. The fraction of sp³-hybridized carbons (Fsp3) is 0.692. The van der Waals surface area contributed by atoms with Crippen molar-refractivity contribution in [3.05, 3.63) is 12.2 Å². The van der Waals surface area contributed by atoms with Gasteiger partial charge in [-0.05, 0) is 50.4 Å². The van der Waals surface area contributed by atoms with Gasteiger partial charge in [-0.3, -0.25) is 4.79 Å². The molecule has 0 fully saturated rings. The lowest BCUT2D eigenvalue weighted by Crippen LogP contribution is -2.31. The minimum atomic E-state index is -0.588. The maximum absolute atomic E-state index is 11.6. The molecule has 0 saturated heterocycles. The van der Waals surface area contributed by atoms with Gasteiger partial charge in [-0.2, -0.15) is 0 Å². The molecule has 1 unspecified atom stereocenters. The summed E-state index contributed by atoms with van der Waals surface area (Å²) in [6.45, 7) is 1.42. The molecule has 5 heteroatoms. The van der Waals surface area contributed by atoms with Crippen LogP contribution in [0.25, 0.3) is 0 Å². The van der Waals surface area contributed by atoms with E-state index in [-0.39, 0.29) is 22.9 Å². The monoisotopic (exact) mass is 271 g/mol. The number of ketones is 1. The first-order chi connectivity index (χ1) is 8.59. The van der Waals surface area contributed by atoms with Gasteiger partial charge >= 0.3 is 5.30 Å². The second kappa shape index (κ2) is 8.32. The van der Waals surface area contributed by atoms with Crippen molar-refractivity contribution < 1.29 is 14.3 Å². The molecule has 4 nitrogen and oxygen atoms in total. The van der Waals surface area contributed by atoms with Gasteiger partial charge in [-0.25, -0.2) is 4.79 Å². The lowest BCUT2D eigenvalue weighted by atomic mass is 10.0. The SMILES string of the molecule is CC(=O)[C@H](N)CSC(=O)OC1/C=C/CCCCC1. The Morgan fingerprint density at radius 2 is 2.22 bits per heavy atom. The van der Waals surface area contributed by atoms with Gasteiger partial charge in [0.05, 0.1) is 6.04 Å². The maximum Gasteiger partial charge on any atom is 0.367 e. The van der Waals surface area contributed by atoms with E-state index in [1.54, 1.807) is 0 Å². The molecule has 102 valence electrons. The summed E-state index contributed by atoms with van der Waals surface area (Å²) in [7, 11) is 0. The third-order valence-corrected chi connectivity index (χ3v) is 3.72. The smallest absolute Gasteiger partial charge is 0.367 e. The molecule has 0 aliphatic heterocycles. The highest BCUT2D eigenvalue weighted by atomic mass is 32.2. The van der Waals surface area contributed by atoms with E-state index in [4.69, 9.17) is 10.5 Å². The molecule has 0 aromatic heterocycles. The van der Waals surface area contributed by atoms with Gasteiger partial charge in [0, 0.05) is 5.75 Å². The number of thioether (sulfide) groups is 1. The van der Waals surface area contributed by atoms with Crippen LogP contribution in [0.1, 0.15) is 39.0 Å². The summed E-state index contributed by atoms with van der Waals surface area (Å²) in [6.07, 6.45) is 9.31. The van der Waals surface area contributed by atoms with Gasteiger partial charge in [0.2, 0.25) is 0 Å². The van der Waals surface area contributed by atoms with E-state index in [2.05, 4.69) is 6.08 Å². The van der Waals surface area contributed by atoms with Gasteiger partial charge in [-0.1, -0.05) is 12.5 Å². The molecular formula is C13H21NO3S. The van der Waals surface area contributed by atoms with Crippen LogP contribution >= 0.6 is 11.8 Å². The van der Waals surface area contributed by atoms with Gasteiger partial charge in [-0.15, -0.1) is 0 Å². The Labute approximate surface area is 112 Å². The minimum absolute atomic E-state index is 0.110. The molecule has 2 atom stereocenters. The molecule has 1 aliphatic rings. The predicted octanol–water partition coefficient (Wildman–Crippen LogP) is 2.66. The summed E-state index contributed by atoms with van der Waals surface area (Å²) in [5.41, 5.74) is 5.55. The molecule has 0 heterocycles. The third-order valence-electron chi connectivity index (χ3n) is 2.86. The number of allylic oxidation sites excluding steroid dienone is 1. The van der Waals surface area contributed by atoms with Crippen molar-refractivity contribution in [1.29, 1.82) is 0 Å². The van der Waals surface area contributed by atoms with Crippen molar-refractivity contribution in [2.45, 2.75) is 51.2 Å². The number of carbonyl (C=O) groups is 2. The molecule has 2 N–H and O–H groups in total. The van der Waals surface area contributed by atoms with Crippen LogP contribution in [-0.4, -0.2) is 29.0 Å². The van der Waals surface area contributed by atoms with Crippen LogP contribution < -0.4 is 5.73 Å². The number of rotatable bonds is 4. The Kier molecular flexibility index (Phi) is 7.05. The summed E-state index contributed by atoms with van der Waals surface area (Å²) >= 11 is 0.978. The van der Waals surface area contributed by atoms with Gasteiger partial charge in [0.15, 0.2) is 0 Å². The second-order valence-electron chi connectivity index (χ2n) is 4.50. The molecule has 0 aromatic rings. The van der Waals surface area contributed by atoms with Crippen molar-refractivity contribution in [1.82, 2.24) is 0 Å². The van der Waals surface area contributed by atoms with Crippen LogP contribution in [0.2, 0.25) is 0 Å². The van der Waals surface area contributed by atoms with Gasteiger partial charge < -0.3 is 10.5 Å². The van der Waals surface area contributed by atoms with Crippen LogP contribution in [0.15, 0.2) is 12.2 Å². The van der Waals surface area contributed by atoms with Gasteiger partial charge in [0.1, 0.15) is 11.9 Å². The zero-order valence-electron chi connectivity index (χ0n) is 10.8. The quantitative estimate of drug-likeness (QED) is 0.629. The zero-order chi connectivity index (χ0) is 13.4. The van der Waals surface area contributed by atoms with Crippen molar-refractivity contribution in [3.63, 3.8) is 0 Å². The normalized spacial score (nSPS) is 23.6. The van der Waals surface area contributed by atoms with E-state index < -0.39 is 6.04 Å². The molecule has 18 heavy (non-hydrogen) atoms. The maximum atomic E-state index is 11.6. The first-order valence-electron chi connectivity index (χ1n) is 6.35. The van der Waals surface area contributed by atoms with Crippen LogP contribution in [0.3, 0.4) is 0 Å². The molecular weight excluding hydrogens is 250 g/mol. The zero-order valence-corrected chi connectivity index (χ0v) is 11.6. The summed E-state index contributed by atoms with van der Waals surface area (Å²) < 4.78 is 5.33. The molecule has 1 aliphatic carbocycles. The molecule has 0 aromatic carbocycles. The number of ether oxygens (including phenoxy) is 1. The second-order valence-corrected chi connectivity index (χ2v) is 5.46. The lowest BCUT2D eigenvalue weighted by molar-refractivity contribution is -0.117. The molecule has 0 amide bonds. The lowest BCUT2D eigenvalue weighted by Gasteiger charge is -2.16. The highest BCUT2D eigenvalue weighted by Crippen LogP contribution is 2.17. The van der Waals surface area contributed by atoms with Crippen LogP contribution in [-0.2, 0) is 9.53 Å². The molecule has 0 saturated carbocycles. The molecule has 1 rings (SSSR count). The Morgan fingerprint density at radius 3 is 2.94 bits per heavy atom. The molecule has 0 radical (unpaired) electrons. The van der Waals surface area contributed by atoms with E-state index in [0.29, 0.717) is 0 Å². The van der Waals surface area contributed by atoms with E-state index in [9.17, 15) is 9.59 Å². The number of hydrogen-bond donors (Lipinski definition) is 1. The summed E-state index contributed by atoms with van der Waals surface area (Å²) in [5.74, 6) is 0.172. The minimum Gasteiger partial charge on any atom is -0.450 e. The largest absolute Gasteiger partial charge is 0.450 e. The van der Waals surface area contributed by atoms with Crippen LogP contribution in [0.5, 0.6) is 0 Å². The van der Waals surface area contributed by atoms with E-state index in [1.165, 1.54) is 19.8 Å². The Balaban J connectivity index is 2.29. The van der Waals surface area contributed by atoms with Crippen LogP contribution in [0.4, 0.5) is 4.79 Å². The van der Waals surface area contributed by atoms with E-state index >= 15 is 0 Å². The first kappa shape index (κ1) is 15.2. The fourth-order valence-electron chi connectivity index (χ4n) is 1.66. The Hall–Kier alpha value is -0.810. The summed E-state index contributed by atoms with van der Waals surface area (Å²) in [6, 6.07) is -0.588. The van der Waals surface area contributed by atoms with Crippen LogP contribution in [0, 0.1) is 0 Å². The first-order valence-corrected chi connectivity index (χ1v) is 7.34. The molecule has 0 bridgehead atoms.